The van der Waals surface area contributed by atoms with E-state index in [-0.39, 0.29) is 17.6 Å². The van der Waals surface area contributed by atoms with Gasteiger partial charge in [0.15, 0.2) is 0 Å². The molecule has 164 valence electrons. The highest BCUT2D eigenvalue weighted by atomic mass is 19.4. The van der Waals surface area contributed by atoms with Crippen LogP contribution >= 0.6 is 0 Å². The number of hydrogen-bond acceptors (Lipinski definition) is 6. The number of ether oxygens (including phenoxy) is 1. The second-order valence-corrected chi connectivity index (χ2v) is 7.79. The number of aliphatic hydroxyl groups is 1. The first kappa shape index (κ1) is 21.3. The van der Waals surface area contributed by atoms with Gasteiger partial charge in [-0.1, -0.05) is 12.1 Å². The topological polar surface area (TPSA) is 89.3 Å². The second-order valence-electron chi connectivity index (χ2n) is 7.79. The standard InChI is InChI=1S/C21H21F3N4O3/c1-28-12-27-17-15(13-2-4-14(5-3-13)21(22,23)24)8-25-18(16(17)19(28)30)26-9-20(10-29)6-7-31-11-20/h2-5,8,12,29H,6-7,9-11H2,1H3,(H,25,26)/t20-/m1/s1. The minimum absolute atomic E-state index is 0.0716. The maximum atomic E-state index is 12.9. The molecule has 10 heteroatoms. The maximum absolute atomic E-state index is 12.9. The van der Waals surface area contributed by atoms with E-state index in [1.165, 1.54) is 29.2 Å². The van der Waals surface area contributed by atoms with E-state index in [9.17, 15) is 23.1 Å². The SMILES string of the molecule is Cn1cnc2c(-c3ccc(C(F)(F)F)cc3)cnc(NC[C@@]3(CO)CCOC3)c2c1=O. The molecule has 7 nitrogen and oxygen atoms in total. The lowest BCUT2D eigenvalue weighted by atomic mass is 9.88. The Kier molecular flexibility index (Phi) is 5.44. The molecule has 0 aliphatic carbocycles. The Balaban J connectivity index is 1.77. The van der Waals surface area contributed by atoms with Gasteiger partial charge >= 0.3 is 6.18 Å². The van der Waals surface area contributed by atoms with Gasteiger partial charge in [0.1, 0.15) is 11.2 Å². The van der Waals surface area contributed by atoms with E-state index in [1.54, 1.807) is 7.05 Å². The fraction of sp³-hybridized carbons (Fsp3) is 0.381. The highest BCUT2D eigenvalue weighted by Crippen LogP contribution is 2.34. The summed E-state index contributed by atoms with van der Waals surface area (Å²) in [4.78, 5) is 21.6. The van der Waals surface area contributed by atoms with Crippen molar-refractivity contribution < 1.29 is 23.0 Å². The van der Waals surface area contributed by atoms with Crippen LogP contribution in [0.4, 0.5) is 19.0 Å². The normalized spacial score (nSPS) is 19.1. The van der Waals surface area contributed by atoms with Crippen LogP contribution in [0.1, 0.15) is 12.0 Å². The predicted molar refractivity (Wildman–Crippen MR) is 109 cm³/mol. The third-order valence-electron chi connectivity index (χ3n) is 5.62. The van der Waals surface area contributed by atoms with Gasteiger partial charge in [-0.25, -0.2) is 9.97 Å². The molecule has 3 aromatic rings. The van der Waals surface area contributed by atoms with Crippen molar-refractivity contribution in [2.24, 2.45) is 12.5 Å². The molecule has 1 saturated heterocycles. The average molecular weight is 434 g/mol. The van der Waals surface area contributed by atoms with Crippen molar-refractivity contribution >= 4 is 16.7 Å². The number of halogens is 3. The molecular weight excluding hydrogens is 413 g/mol. The Labute approximate surface area is 175 Å². The number of anilines is 1. The van der Waals surface area contributed by atoms with Crippen LogP contribution in [0.5, 0.6) is 0 Å². The largest absolute Gasteiger partial charge is 0.416 e. The third-order valence-corrected chi connectivity index (χ3v) is 5.62. The lowest BCUT2D eigenvalue weighted by Crippen LogP contribution is -2.34. The lowest BCUT2D eigenvalue weighted by Gasteiger charge is -2.25. The highest BCUT2D eigenvalue weighted by molar-refractivity contribution is 5.98. The van der Waals surface area contributed by atoms with E-state index in [4.69, 9.17) is 4.74 Å². The van der Waals surface area contributed by atoms with Crippen LogP contribution in [-0.4, -0.2) is 46.0 Å². The van der Waals surface area contributed by atoms with E-state index in [2.05, 4.69) is 15.3 Å². The Morgan fingerprint density at radius 1 is 1.26 bits per heavy atom. The number of aliphatic hydroxyl groups excluding tert-OH is 1. The summed E-state index contributed by atoms with van der Waals surface area (Å²) in [5.41, 5.74) is -0.311. The molecular formula is C21H21F3N4O3. The summed E-state index contributed by atoms with van der Waals surface area (Å²) in [7, 11) is 1.56. The van der Waals surface area contributed by atoms with Crippen molar-refractivity contribution in [3.63, 3.8) is 0 Å². The maximum Gasteiger partial charge on any atom is 0.416 e. The van der Waals surface area contributed by atoms with Crippen LogP contribution < -0.4 is 10.9 Å². The Morgan fingerprint density at radius 2 is 2.00 bits per heavy atom. The number of alkyl halides is 3. The van der Waals surface area contributed by atoms with Crippen LogP contribution in [-0.2, 0) is 18.0 Å². The van der Waals surface area contributed by atoms with Gasteiger partial charge in [0.25, 0.3) is 5.56 Å². The molecule has 3 heterocycles. The monoisotopic (exact) mass is 434 g/mol. The quantitative estimate of drug-likeness (QED) is 0.642. The minimum atomic E-state index is -4.44. The number of fused-ring (bicyclic) bond motifs is 1. The fourth-order valence-corrected chi connectivity index (χ4v) is 3.64. The average Bonchev–Trinajstić information content (AvgIpc) is 3.23. The van der Waals surface area contributed by atoms with E-state index in [0.29, 0.717) is 48.6 Å². The molecule has 0 amide bonds. The van der Waals surface area contributed by atoms with Crippen molar-refractivity contribution in [3.05, 3.63) is 52.7 Å². The smallest absolute Gasteiger partial charge is 0.396 e. The van der Waals surface area contributed by atoms with Crippen LogP contribution in [0.3, 0.4) is 0 Å². The first-order chi connectivity index (χ1) is 14.7. The molecule has 2 N–H and O–H groups in total. The molecule has 0 bridgehead atoms. The molecule has 0 spiro atoms. The molecule has 1 aromatic carbocycles. The van der Waals surface area contributed by atoms with Gasteiger partial charge in [-0.15, -0.1) is 0 Å². The first-order valence-electron chi connectivity index (χ1n) is 9.69. The highest BCUT2D eigenvalue weighted by Gasteiger charge is 2.34. The van der Waals surface area contributed by atoms with Gasteiger partial charge in [0.05, 0.1) is 30.6 Å². The molecule has 4 rings (SSSR count). The van der Waals surface area contributed by atoms with Crippen molar-refractivity contribution in [1.82, 2.24) is 14.5 Å². The molecule has 1 aliphatic rings. The first-order valence-corrected chi connectivity index (χ1v) is 9.69. The molecule has 31 heavy (non-hydrogen) atoms. The number of benzene rings is 1. The van der Waals surface area contributed by atoms with Crippen LogP contribution in [0.2, 0.25) is 0 Å². The van der Waals surface area contributed by atoms with Crippen molar-refractivity contribution in [2.75, 3.05) is 31.7 Å². The summed E-state index contributed by atoms with van der Waals surface area (Å²) in [6.07, 6.45) is -0.916. The van der Waals surface area contributed by atoms with Gasteiger partial charge in [-0.05, 0) is 24.1 Å². The zero-order valence-electron chi connectivity index (χ0n) is 16.7. The fourth-order valence-electron chi connectivity index (χ4n) is 3.64. The van der Waals surface area contributed by atoms with Crippen LogP contribution in [0.15, 0.2) is 41.6 Å². The number of pyridine rings is 1. The van der Waals surface area contributed by atoms with Crippen LogP contribution in [0.25, 0.3) is 22.0 Å². The Morgan fingerprint density at radius 3 is 2.61 bits per heavy atom. The summed E-state index contributed by atoms with van der Waals surface area (Å²) in [6.45, 7) is 1.22. The zero-order valence-corrected chi connectivity index (χ0v) is 16.7. The van der Waals surface area contributed by atoms with E-state index < -0.39 is 17.2 Å². The van der Waals surface area contributed by atoms with Crippen LogP contribution in [0, 0.1) is 5.41 Å². The number of nitrogens with one attached hydrogen (secondary N) is 1. The summed E-state index contributed by atoms with van der Waals surface area (Å²) in [6, 6.07) is 4.64. The molecule has 0 saturated carbocycles. The molecule has 0 radical (unpaired) electrons. The molecule has 2 aromatic heterocycles. The predicted octanol–water partition coefficient (Wildman–Crippen LogP) is 2.83. The van der Waals surface area contributed by atoms with E-state index in [1.807, 2.05) is 0 Å². The Hall–Kier alpha value is -2.98. The number of aromatic nitrogens is 3. The summed E-state index contributed by atoms with van der Waals surface area (Å²) < 4.78 is 45.4. The van der Waals surface area contributed by atoms with Crippen molar-refractivity contribution in [1.29, 1.82) is 0 Å². The number of aryl methyl sites for hydroxylation is 1. The molecule has 1 fully saturated rings. The van der Waals surface area contributed by atoms with Gasteiger partial charge in [-0.3, -0.25) is 4.79 Å². The van der Waals surface area contributed by atoms with Gasteiger partial charge in [0, 0.05) is 37.4 Å². The summed E-state index contributed by atoms with van der Waals surface area (Å²) in [5, 5.41) is 13.2. The Bertz CT molecular complexity index is 1150. The molecule has 1 aliphatic heterocycles. The summed E-state index contributed by atoms with van der Waals surface area (Å²) >= 11 is 0. The lowest BCUT2D eigenvalue weighted by molar-refractivity contribution is -0.137. The third kappa shape index (κ3) is 4.00. The molecule has 0 unspecified atom stereocenters. The molecule has 1 atom stereocenters. The minimum Gasteiger partial charge on any atom is -0.396 e. The van der Waals surface area contributed by atoms with Crippen molar-refractivity contribution in [2.45, 2.75) is 12.6 Å². The number of nitrogens with zero attached hydrogens (tertiary/aromatic N) is 3. The van der Waals surface area contributed by atoms with Gasteiger partial charge in [-0.2, -0.15) is 13.2 Å². The van der Waals surface area contributed by atoms with E-state index in [0.717, 1.165) is 12.1 Å². The zero-order chi connectivity index (χ0) is 22.2. The van der Waals surface area contributed by atoms with Crippen molar-refractivity contribution in [3.8, 4) is 11.1 Å². The number of rotatable bonds is 5. The van der Waals surface area contributed by atoms with Gasteiger partial charge < -0.3 is 19.7 Å². The summed E-state index contributed by atoms with van der Waals surface area (Å²) in [5.74, 6) is 0.305. The van der Waals surface area contributed by atoms with Gasteiger partial charge in [0.2, 0.25) is 0 Å². The number of hydrogen-bond donors (Lipinski definition) is 2. The van der Waals surface area contributed by atoms with E-state index >= 15 is 0 Å². The second kappa shape index (κ2) is 7.93.